The zero-order chi connectivity index (χ0) is 14.6. The van der Waals surface area contributed by atoms with Gasteiger partial charge in [0.25, 0.3) is 0 Å². The largest absolute Gasteiger partial charge is 0.393 e. The van der Waals surface area contributed by atoms with Gasteiger partial charge in [-0.25, -0.2) is 0 Å². The molecule has 1 aliphatic carbocycles. The number of hydrogen-bond acceptors (Lipinski definition) is 5. The second-order valence-corrected chi connectivity index (χ2v) is 6.88. The summed E-state index contributed by atoms with van der Waals surface area (Å²) in [6.07, 6.45) is 3.38. The predicted octanol–water partition coefficient (Wildman–Crippen LogP) is 1.33. The molecule has 1 saturated carbocycles. The first-order chi connectivity index (χ1) is 9.32. The van der Waals surface area contributed by atoms with Crippen LogP contribution in [0.5, 0.6) is 0 Å². The Morgan fingerprint density at radius 1 is 1.30 bits per heavy atom. The van der Waals surface area contributed by atoms with Crippen molar-refractivity contribution < 1.29 is 24.4 Å². The minimum Gasteiger partial charge on any atom is -0.393 e. The van der Waals surface area contributed by atoms with E-state index in [9.17, 15) is 10.2 Å². The van der Waals surface area contributed by atoms with Crippen molar-refractivity contribution in [3.05, 3.63) is 12.7 Å². The molecule has 0 aromatic heterocycles. The Hall–Kier alpha value is -0.460. The first kappa shape index (κ1) is 14.5. The van der Waals surface area contributed by atoms with Crippen LogP contribution in [0.15, 0.2) is 12.7 Å². The van der Waals surface area contributed by atoms with Crippen molar-refractivity contribution in [2.45, 2.75) is 68.7 Å². The van der Waals surface area contributed by atoms with Crippen molar-refractivity contribution in [1.82, 2.24) is 0 Å². The zero-order valence-electron chi connectivity index (χ0n) is 12.2. The number of hydrogen-bond donors (Lipinski definition) is 2. The Balaban J connectivity index is 1.90. The predicted molar refractivity (Wildman–Crippen MR) is 71.8 cm³/mol. The molecule has 20 heavy (non-hydrogen) atoms. The van der Waals surface area contributed by atoms with Gasteiger partial charge >= 0.3 is 0 Å². The first-order valence-electron chi connectivity index (χ1n) is 7.29. The lowest BCUT2D eigenvalue weighted by molar-refractivity contribution is -0.267. The Bertz CT molecular complexity index is 404. The van der Waals surface area contributed by atoms with Crippen LogP contribution in [-0.4, -0.2) is 46.2 Å². The van der Waals surface area contributed by atoms with E-state index in [1.807, 2.05) is 6.08 Å². The molecule has 0 amide bonds. The van der Waals surface area contributed by atoms with E-state index in [-0.39, 0.29) is 18.8 Å². The van der Waals surface area contributed by atoms with Gasteiger partial charge in [0.1, 0.15) is 5.60 Å². The fourth-order valence-corrected chi connectivity index (χ4v) is 3.85. The molecule has 0 bridgehead atoms. The molecule has 5 unspecified atom stereocenters. The summed E-state index contributed by atoms with van der Waals surface area (Å²) in [6, 6.07) is 0. The Kier molecular flexibility index (Phi) is 3.27. The molecule has 114 valence electrons. The van der Waals surface area contributed by atoms with Crippen LogP contribution in [-0.2, 0) is 14.2 Å². The normalized spacial score (nSPS) is 47.9. The highest BCUT2D eigenvalue weighted by Gasteiger charge is 2.70. The Labute approximate surface area is 119 Å². The van der Waals surface area contributed by atoms with E-state index >= 15 is 0 Å². The maximum absolute atomic E-state index is 10.3. The molecule has 2 heterocycles. The van der Waals surface area contributed by atoms with Crippen molar-refractivity contribution in [3.63, 3.8) is 0 Å². The van der Waals surface area contributed by atoms with Gasteiger partial charge in [-0.15, -0.1) is 6.58 Å². The van der Waals surface area contributed by atoms with E-state index in [0.717, 1.165) is 6.42 Å². The highest BCUT2D eigenvalue weighted by Crippen LogP contribution is 2.58. The molecule has 3 aliphatic rings. The molecule has 2 N–H and O–H groups in total. The van der Waals surface area contributed by atoms with Crippen LogP contribution >= 0.6 is 0 Å². The molecule has 3 fully saturated rings. The van der Waals surface area contributed by atoms with Gasteiger partial charge in [0, 0.05) is 12.8 Å². The summed E-state index contributed by atoms with van der Waals surface area (Å²) in [5, 5.41) is 20.6. The van der Waals surface area contributed by atoms with Crippen LogP contribution in [0.2, 0.25) is 0 Å². The average Bonchev–Trinajstić information content (AvgIpc) is 2.80. The fraction of sp³-hybridized carbons (Fsp3) is 0.867. The van der Waals surface area contributed by atoms with Crippen molar-refractivity contribution in [3.8, 4) is 0 Å². The fourth-order valence-electron chi connectivity index (χ4n) is 3.85. The summed E-state index contributed by atoms with van der Waals surface area (Å²) in [7, 11) is 0. The van der Waals surface area contributed by atoms with Crippen LogP contribution < -0.4 is 0 Å². The topological polar surface area (TPSA) is 68.2 Å². The summed E-state index contributed by atoms with van der Waals surface area (Å²) in [5.74, 6) is -0.805. The maximum atomic E-state index is 10.3. The molecule has 3 rings (SSSR count). The summed E-state index contributed by atoms with van der Waals surface area (Å²) >= 11 is 0. The standard InChI is InChI=1S/C15H24O5/c1-4-5-10-6-14-8-12(13(2,3)17)20-15(14,7-11(10)16)19-9-18-14/h4,10-12,16-17H,1,5-9H2,2-3H3. The SMILES string of the molecule is C=CCC1CC23CC(C(C)(C)O)OC2(CC1O)OCO3. The maximum Gasteiger partial charge on any atom is 0.203 e. The van der Waals surface area contributed by atoms with Gasteiger partial charge in [0.2, 0.25) is 5.79 Å². The van der Waals surface area contributed by atoms with Gasteiger partial charge < -0.3 is 24.4 Å². The zero-order valence-corrected chi connectivity index (χ0v) is 12.2. The van der Waals surface area contributed by atoms with Gasteiger partial charge in [0.15, 0.2) is 6.79 Å². The van der Waals surface area contributed by atoms with E-state index in [4.69, 9.17) is 14.2 Å². The molecular weight excluding hydrogens is 260 g/mol. The van der Waals surface area contributed by atoms with Crippen LogP contribution in [0.1, 0.15) is 39.5 Å². The van der Waals surface area contributed by atoms with Crippen molar-refractivity contribution >= 4 is 0 Å². The number of ether oxygens (including phenoxy) is 3. The molecule has 5 nitrogen and oxygen atoms in total. The average molecular weight is 284 g/mol. The Morgan fingerprint density at radius 2 is 2.05 bits per heavy atom. The minimum atomic E-state index is -0.958. The van der Waals surface area contributed by atoms with Crippen LogP contribution in [0.25, 0.3) is 0 Å². The van der Waals surface area contributed by atoms with E-state index in [2.05, 4.69) is 6.58 Å². The first-order valence-corrected chi connectivity index (χ1v) is 7.29. The summed E-state index contributed by atoms with van der Waals surface area (Å²) < 4.78 is 17.7. The lowest BCUT2D eigenvalue weighted by Crippen LogP contribution is -2.57. The lowest BCUT2D eigenvalue weighted by atomic mass is 9.70. The molecule has 0 radical (unpaired) electrons. The van der Waals surface area contributed by atoms with Crippen LogP contribution in [0.3, 0.4) is 0 Å². The molecule has 0 spiro atoms. The quantitative estimate of drug-likeness (QED) is 0.765. The molecular formula is C15H24O5. The number of aliphatic hydroxyl groups excluding tert-OH is 1. The van der Waals surface area contributed by atoms with Crippen molar-refractivity contribution in [2.75, 3.05) is 6.79 Å². The summed E-state index contributed by atoms with van der Waals surface area (Å²) in [6.45, 7) is 7.41. The third-order valence-corrected chi connectivity index (χ3v) is 5.04. The molecule has 2 aliphatic heterocycles. The second kappa shape index (κ2) is 4.52. The molecule has 0 aromatic carbocycles. The third-order valence-electron chi connectivity index (χ3n) is 5.04. The number of allylic oxidation sites excluding steroid dienone is 1. The van der Waals surface area contributed by atoms with Gasteiger partial charge in [-0.2, -0.15) is 0 Å². The molecule has 5 atom stereocenters. The smallest absolute Gasteiger partial charge is 0.203 e. The lowest BCUT2D eigenvalue weighted by Gasteiger charge is -2.45. The van der Waals surface area contributed by atoms with Crippen molar-refractivity contribution in [1.29, 1.82) is 0 Å². The summed E-state index contributed by atoms with van der Waals surface area (Å²) in [5.41, 5.74) is -1.51. The van der Waals surface area contributed by atoms with E-state index in [1.165, 1.54) is 0 Å². The highest BCUT2D eigenvalue weighted by molar-refractivity contribution is 5.13. The van der Waals surface area contributed by atoms with Gasteiger partial charge in [-0.3, -0.25) is 0 Å². The van der Waals surface area contributed by atoms with Gasteiger partial charge in [-0.05, 0) is 32.6 Å². The highest BCUT2D eigenvalue weighted by atomic mass is 16.8. The van der Waals surface area contributed by atoms with Crippen LogP contribution in [0, 0.1) is 5.92 Å². The molecule has 2 saturated heterocycles. The van der Waals surface area contributed by atoms with Gasteiger partial charge in [-0.1, -0.05) is 6.08 Å². The third kappa shape index (κ3) is 1.96. The second-order valence-electron chi connectivity index (χ2n) is 6.88. The number of rotatable bonds is 3. The molecule has 0 aromatic rings. The molecule has 5 heteroatoms. The van der Waals surface area contributed by atoms with Crippen molar-refractivity contribution in [2.24, 2.45) is 5.92 Å². The summed E-state index contributed by atoms with van der Waals surface area (Å²) in [4.78, 5) is 0. The Morgan fingerprint density at radius 3 is 2.70 bits per heavy atom. The van der Waals surface area contributed by atoms with E-state index in [0.29, 0.717) is 19.3 Å². The monoisotopic (exact) mass is 284 g/mol. The van der Waals surface area contributed by atoms with E-state index in [1.54, 1.807) is 13.8 Å². The van der Waals surface area contributed by atoms with E-state index < -0.39 is 23.1 Å². The van der Waals surface area contributed by atoms with Crippen LogP contribution in [0.4, 0.5) is 0 Å². The minimum absolute atomic E-state index is 0.103. The number of aliphatic hydroxyl groups is 2. The van der Waals surface area contributed by atoms with Gasteiger partial charge in [0.05, 0.1) is 17.8 Å².